The van der Waals surface area contributed by atoms with Crippen LogP contribution in [0.15, 0.2) is 12.4 Å². The van der Waals surface area contributed by atoms with E-state index in [0.717, 1.165) is 19.3 Å². The molecule has 0 aliphatic heterocycles. The molecule has 2 rings (SSSR count). The number of aliphatic carboxylic acids is 1. The number of primary amides is 1. The van der Waals surface area contributed by atoms with Crippen molar-refractivity contribution >= 4 is 17.7 Å². The van der Waals surface area contributed by atoms with Gasteiger partial charge < -0.3 is 16.2 Å². The fraction of sp³-hybridized carbons (Fsp3) is 0.500. The van der Waals surface area contributed by atoms with Gasteiger partial charge in [0.25, 0.3) is 5.91 Å². The molecule has 1 aliphatic rings. The Labute approximate surface area is 110 Å². The number of carbonyl (C=O) groups is 2. The maximum absolute atomic E-state index is 11.5. The molecule has 1 fully saturated rings. The topological polar surface area (TPSA) is 118 Å². The zero-order valence-electron chi connectivity index (χ0n) is 10.4. The van der Waals surface area contributed by atoms with E-state index in [9.17, 15) is 14.7 Å². The lowest BCUT2D eigenvalue weighted by Crippen LogP contribution is -2.48. The summed E-state index contributed by atoms with van der Waals surface area (Å²) in [7, 11) is 0. The average molecular weight is 264 g/mol. The number of nitrogens with zero attached hydrogens (tertiary/aromatic N) is 2. The Bertz CT molecular complexity index is 498. The fourth-order valence-corrected chi connectivity index (χ4v) is 2.38. The Morgan fingerprint density at radius 3 is 2.42 bits per heavy atom. The summed E-state index contributed by atoms with van der Waals surface area (Å²) in [6.45, 7) is 0. The number of hydrogen-bond donors (Lipinski definition) is 3. The highest BCUT2D eigenvalue weighted by atomic mass is 16.4. The van der Waals surface area contributed by atoms with Gasteiger partial charge in [-0.15, -0.1) is 0 Å². The van der Waals surface area contributed by atoms with Crippen molar-refractivity contribution in [2.24, 2.45) is 5.73 Å². The van der Waals surface area contributed by atoms with Gasteiger partial charge in [-0.2, -0.15) is 0 Å². The minimum Gasteiger partial charge on any atom is -0.480 e. The van der Waals surface area contributed by atoms with Crippen molar-refractivity contribution in [2.45, 2.75) is 37.6 Å². The number of carboxylic acid groups (broad SMARTS) is 1. The number of carboxylic acids is 1. The standard InChI is InChI=1S/C12H16N4O3/c13-9(17)8-10(15-7-6-14-8)16-12(11(18)19)4-2-1-3-5-12/h6-7H,1-5H2,(H2,13,17)(H,15,16)(H,18,19). The lowest BCUT2D eigenvalue weighted by atomic mass is 9.81. The quantitative estimate of drug-likeness (QED) is 0.739. The third-order valence-electron chi connectivity index (χ3n) is 3.41. The van der Waals surface area contributed by atoms with Crippen molar-refractivity contribution in [1.82, 2.24) is 9.97 Å². The van der Waals surface area contributed by atoms with E-state index >= 15 is 0 Å². The van der Waals surface area contributed by atoms with Crippen LogP contribution in [0.4, 0.5) is 5.82 Å². The lowest BCUT2D eigenvalue weighted by Gasteiger charge is -2.34. The number of amides is 1. The smallest absolute Gasteiger partial charge is 0.329 e. The van der Waals surface area contributed by atoms with Crippen LogP contribution in [0.3, 0.4) is 0 Å². The largest absolute Gasteiger partial charge is 0.480 e. The van der Waals surface area contributed by atoms with Crippen LogP contribution in [0.5, 0.6) is 0 Å². The highest BCUT2D eigenvalue weighted by molar-refractivity contribution is 5.96. The molecule has 4 N–H and O–H groups in total. The maximum atomic E-state index is 11.5. The first-order valence-corrected chi connectivity index (χ1v) is 6.17. The van der Waals surface area contributed by atoms with Crippen molar-refractivity contribution in [3.63, 3.8) is 0 Å². The molecule has 1 heterocycles. The van der Waals surface area contributed by atoms with E-state index in [4.69, 9.17) is 5.73 Å². The molecule has 1 saturated carbocycles. The number of nitrogens with two attached hydrogens (primary N) is 1. The van der Waals surface area contributed by atoms with Gasteiger partial charge in [-0.3, -0.25) is 4.79 Å². The second-order valence-corrected chi connectivity index (χ2v) is 4.69. The monoisotopic (exact) mass is 264 g/mol. The van der Waals surface area contributed by atoms with Gasteiger partial charge in [0.2, 0.25) is 0 Å². The summed E-state index contributed by atoms with van der Waals surface area (Å²) in [6.07, 6.45) is 6.40. The third-order valence-corrected chi connectivity index (χ3v) is 3.41. The predicted molar refractivity (Wildman–Crippen MR) is 67.6 cm³/mol. The first-order valence-electron chi connectivity index (χ1n) is 6.17. The molecular formula is C12H16N4O3. The number of anilines is 1. The highest BCUT2D eigenvalue weighted by Gasteiger charge is 2.40. The second-order valence-electron chi connectivity index (χ2n) is 4.69. The molecule has 19 heavy (non-hydrogen) atoms. The molecule has 0 atom stereocenters. The van der Waals surface area contributed by atoms with E-state index in [1.165, 1.54) is 12.4 Å². The van der Waals surface area contributed by atoms with E-state index in [1.807, 2.05) is 0 Å². The van der Waals surface area contributed by atoms with E-state index in [-0.39, 0.29) is 11.5 Å². The van der Waals surface area contributed by atoms with E-state index in [1.54, 1.807) is 0 Å². The Balaban J connectivity index is 2.32. The summed E-state index contributed by atoms with van der Waals surface area (Å²) in [6, 6.07) is 0. The van der Waals surface area contributed by atoms with Gasteiger partial charge in [0.1, 0.15) is 5.54 Å². The average Bonchev–Trinajstić information content (AvgIpc) is 2.40. The molecular weight excluding hydrogens is 248 g/mol. The van der Waals surface area contributed by atoms with Crippen LogP contribution in [0.1, 0.15) is 42.6 Å². The molecule has 102 valence electrons. The summed E-state index contributed by atoms with van der Waals surface area (Å²) < 4.78 is 0. The van der Waals surface area contributed by atoms with Crippen molar-refractivity contribution in [1.29, 1.82) is 0 Å². The van der Waals surface area contributed by atoms with Crippen LogP contribution in [-0.4, -0.2) is 32.5 Å². The van der Waals surface area contributed by atoms with Gasteiger partial charge in [0.05, 0.1) is 0 Å². The summed E-state index contributed by atoms with van der Waals surface area (Å²) in [5, 5.41) is 12.3. The molecule has 1 aromatic rings. The van der Waals surface area contributed by atoms with Gasteiger partial charge in [0, 0.05) is 12.4 Å². The van der Waals surface area contributed by atoms with Gasteiger partial charge in [-0.25, -0.2) is 14.8 Å². The molecule has 0 aromatic carbocycles. The first-order chi connectivity index (χ1) is 9.05. The molecule has 1 aromatic heterocycles. The van der Waals surface area contributed by atoms with Crippen molar-refractivity contribution in [3.8, 4) is 0 Å². The van der Waals surface area contributed by atoms with Crippen LogP contribution in [0.25, 0.3) is 0 Å². The number of rotatable bonds is 4. The molecule has 7 nitrogen and oxygen atoms in total. The van der Waals surface area contributed by atoms with Crippen molar-refractivity contribution in [2.75, 3.05) is 5.32 Å². The number of nitrogens with one attached hydrogen (secondary N) is 1. The minimum absolute atomic E-state index is 0.0336. The SMILES string of the molecule is NC(=O)c1nccnc1NC1(C(=O)O)CCCCC1. The van der Waals surface area contributed by atoms with Crippen LogP contribution in [-0.2, 0) is 4.79 Å². The van der Waals surface area contributed by atoms with Crippen LogP contribution in [0, 0.1) is 0 Å². The molecule has 1 amide bonds. The fourth-order valence-electron chi connectivity index (χ4n) is 2.38. The molecule has 1 aliphatic carbocycles. The number of carbonyl (C=O) groups excluding carboxylic acids is 1. The van der Waals surface area contributed by atoms with Gasteiger partial charge in [-0.1, -0.05) is 19.3 Å². The summed E-state index contributed by atoms with van der Waals surface area (Å²) in [5.74, 6) is -1.53. The minimum atomic E-state index is -1.08. The van der Waals surface area contributed by atoms with E-state index < -0.39 is 17.4 Å². The van der Waals surface area contributed by atoms with E-state index in [2.05, 4.69) is 15.3 Å². The zero-order chi connectivity index (χ0) is 13.9. The molecule has 0 bridgehead atoms. The predicted octanol–water partition coefficient (Wildman–Crippen LogP) is 0.775. The molecule has 0 spiro atoms. The molecule has 0 saturated heterocycles. The normalized spacial score (nSPS) is 17.7. The Hall–Kier alpha value is -2.18. The summed E-state index contributed by atoms with van der Waals surface area (Å²) >= 11 is 0. The molecule has 0 radical (unpaired) electrons. The van der Waals surface area contributed by atoms with Gasteiger partial charge >= 0.3 is 5.97 Å². The summed E-state index contributed by atoms with van der Waals surface area (Å²) in [4.78, 5) is 30.6. The van der Waals surface area contributed by atoms with Gasteiger partial charge in [0.15, 0.2) is 11.5 Å². The Kier molecular flexibility index (Phi) is 3.64. The maximum Gasteiger partial charge on any atom is 0.329 e. The van der Waals surface area contributed by atoms with Crippen LogP contribution >= 0.6 is 0 Å². The third kappa shape index (κ3) is 2.64. The number of hydrogen-bond acceptors (Lipinski definition) is 5. The van der Waals surface area contributed by atoms with E-state index in [0.29, 0.717) is 12.8 Å². The Morgan fingerprint density at radius 2 is 1.84 bits per heavy atom. The summed E-state index contributed by atoms with van der Waals surface area (Å²) in [5.41, 5.74) is 4.09. The second kappa shape index (κ2) is 5.21. The van der Waals surface area contributed by atoms with Crippen molar-refractivity contribution in [3.05, 3.63) is 18.1 Å². The van der Waals surface area contributed by atoms with Crippen molar-refractivity contribution < 1.29 is 14.7 Å². The molecule has 0 unspecified atom stereocenters. The van der Waals surface area contributed by atoms with Crippen LogP contribution in [0.2, 0.25) is 0 Å². The molecule has 7 heteroatoms. The van der Waals surface area contributed by atoms with Gasteiger partial charge in [-0.05, 0) is 12.8 Å². The Morgan fingerprint density at radius 1 is 1.21 bits per heavy atom. The first kappa shape index (κ1) is 13.3. The zero-order valence-corrected chi connectivity index (χ0v) is 10.4. The van der Waals surface area contributed by atoms with Crippen LogP contribution < -0.4 is 11.1 Å². The lowest BCUT2D eigenvalue weighted by molar-refractivity contribution is -0.143. The number of aromatic nitrogens is 2. The highest BCUT2D eigenvalue weighted by Crippen LogP contribution is 2.32.